The van der Waals surface area contributed by atoms with Gasteiger partial charge in [-0.15, -0.1) is 0 Å². The number of benzene rings is 1. The number of rotatable bonds is 4. The molecular formula is C18H19ClN4O4. The fourth-order valence-electron chi connectivity index (χ4n) is 2.89. The van der Waals surface area contributed by atoms with Crippen molar-refractivity contribution in [2.45, 2.75) is 13.0 Å². The molecule has 27 heavy (non-hydrogen) atoms. The molecule has 142 valence electrons. The maximum absolute atomic E-state index is 12.6. The highest BCUT2D eigenvalue weighted by atomic mass is 35.5. The number of hydrogen-bond acceptors (Lipinski definition) is 7. The molecule has 1 amide bonds. The first-order valence-corrected chi connectivity index (χ1v) is 8.61. The number of fused-ring (bicyclic) bond motifs is 1. The Morgan fingerprint density at radius 2 is 2.04 bits per heavy atom. The van der Waals surface area contributed by atoms with Gasteiger partial charge in [0.2, 0.25) is 5.82 Å². The normalized spacial score (nSPS) is 13.6. The molecule has 1 aliphatic rings. The highest BCUT2D eigenvalue weighted by Crippen LogP contribution is 2.31. The van der Waals surface area contributed by atoms with Crippen molar-refractivity contribution in [2.24, 2.45) is 0 Å². The van der Waals surface area contributed by atoms with Gasteiger partial charge in [-0.2, -0.15) is 0 Å². The van der Waals surface area contributed by atoms with Crippen LogP contribution in [0.4, 0.5) is 5.69 Å². The molecule has 0 radical (unpaired) electrons. The van der Waals surface area contributed by atoms with Crippen molar-refractivity contribution in [1.29, 1.82) is 0 Å². The molecule has 0 fully saturated rings. The number of hydrogen-bond donors (Lipinski definition) is 1. The molecule has 3 rings (SSSR count). The van der Waals surface area contributed by atoms with Gasteiger partial charge in [-0.1, -0.05) is 11.6 Å². The second-order valence-corrected chi connectivity index (χ2v) is 6.55. The summed E-state index contributed by atoms with van der Waals surface area (Å²) in [5.41, 5.74) is 2.65. The van der Waals surface area contributed by atoms with Gasteiger partial charge in [0.05, 0.1) is 31.1 Å². The minimum Gasteiger partial charge on any atom is -0.495 e. The Morgan fingerprint density at radius 1 is 1.26 bits per heavy atom. The highest BCUT2D eigenvalue weighted by molar-refractivity contribution is 6.33. The molecule has 2 aromatic rings. The zero-order valence-electron chi connectivity index (χ0n) is 15.2. The van der Waals surface area contributed by atoms with Gasteiger partial charge >= 0.3 is 5.97 Å². The molecule has 9 heteroatoms. The van der Waals surface area contributed by atoms with Gasteiger partial charge in [-0.3, -0.25) is 4.79 Å². The van der Waals surface area contributed by atoms with Crippen LogP contribution in [0.3, 0.4) is 0 Å². The number of nitrogens with zero attached hydrogens (tertiary/aromatic N) is 3. The quantitative estimate of drug-likeness (QED) is 0.799. The molecule has 8 nitrogen and oxygen atoms in total. The second-order valence-electron chi connectivity index (χ2n) is 6.14. The number of ether oxygens (including phenoxy) is 2. The SMILES string of the molecule is COC(=O)c1nc(C(=O)Nc2cc3c(cc2OC)CCN(C)C3)ncc1Cl. The van der Waals surface area contributed by atoms with Gasteiger partial charge < -0.3 is 19.7 Å². The smallest absolute Gasteiger partial charge is 0.358 e. The zero-order valence-corrected chi connectivity index (χ0v) is 16.0. The summed E-state index contributed by atoms with van der Waals surface area (Å²) in [5, 5.41) is 2.75. The van der Waals surface area contributed by atoms with E-state index in [4.69, 9.17) is 16.3 Å². The summed E-state index contributed by atoms with van der Waals surface area (Å²) in [5.74, 6) is -0.976. The van der Waals surface area contributed by atoms with E-state index in [1.807, 2.05) is 19.2 Å². The first kappa shape index (κ1) is 19.1. The summed E-state index contributed by atoms with van der Waals surface area (Å²) < 4.78 is 10.0. The lowest BCUT2D eigenvalue weighted by Gasteiger charge is -2.26. The first-order valence-electron chi connectivity index (χ1n) is 8.23. The topological polar surface area (TPSA) is 93.6 Å². The van der Waals surface area contributed by atoms with E-state index in [-0.39, 0.29) is 16.5 Å². The Kier molecular flexibility index (Phi) is 5.57. The number of anilines is 1. The van der Waals surface area contributed by atoms with Crippen molar-refractivity contribution in [3.63, 3.8) is 0 Å². The van der Waals surface area contributed by atoms with E-state index < -0.39 is 11.9 Å². The van der Waals surface area contributed by atoms with Crippen LogP contribution in [0.1, 0.15) is 32.2 Å². The van der Waals surface area contributed by atoms with E-state index >= 15 is 0 Å². The number of methoxy groups -OCH3 is 2. The Morgan fingerprint density at radius 3 is 2.74 bits per heavy atom. The van der Waals surface area contributed by atoms with Crippen LogP contribution in [0.15, 0.2) is 18.3 Å². The lowest BCUT2D eigenvalue weighted by molar-refractivity contribution is 0.0594. The average molecular weight is 391 g/mol. The maximum atomic E-state index is 12.6. The van der Waals surface area contributed by atoms with Crippen LogP contribution >= 0.6 is 11.6 Å². The molecule has 1 aliphatic heterocycles. The van der Waals surface area contributed by atoms with Crippen LogP contribution in [0.25, 0.3) is 0 Å². The summed E-state index contributed by atoms with van der Waals surface area (Å²) >= 11 is 5.89. The van der Waals surface area contributed by atoms with Gasteiger partial charge in [0, 0.05) is 13.1 Å². The zero-order chi connectivity index (χ0) is 19.6. The molecular weight excluding hydrogens is 372 g/mol. The minimum absolute atomic E-state index is 0.00722. The molecule has 2 heterocycles. The number of likely N-dealkylation sites (N-methyl/N-ethyl adjacent to an activating group) is 1. The second kappa shape index (κ2) is 7.89. The van der Waals surface area contributed by atoms with Crippen molar-refractivity contribution < 1.29 is 19.1 Å². The van der Waals surface area contributed by atoms with Crippen LogP contribution in [0, 0.1) is 0 Å². The molecule has 0 spiro atoms. The van der Waals surface area contributed by atoms with Crippen molar-refractivity contribution in [3.05, 3.63) is 46.0 Å². The number of aromatic nitrogens is 2. The summed E-state index contributed by atoms with van der Waals surface area (Å²) in [6.45, 7) is 1.75. The first-order chi connectivity index (χ1) is 12.9. The molecule has 0 unspecified atom stereocenters. The molecule has 0 saturated heterocycles. The van der Waals surface area contributed by atoms with Crippen LogP contribution in [-0.4, -0.2) is 54.6 Å². The van der Waals surface area contributed by atoms with E-state index in [0.29, 0.717) is 11.4 Å². The lowest BCUT2D eigenvalue weighted by Crippen LogP contribution is -2.27. The molecule has 1 aromatic carbocycles. The summed E-state index contributed by atoms with van der Waals surface area (Å²) in [4.78, 5) is 34.3. The van der Waals surface area contributed by atoms with Crippen molar-refractivity contribution >= 4 is 29.2 Å². The standard InChI is InChI=1S/C18H19ClN4O4/c1-23-5-4-10-7-14(26-2)13(6-11(10)9-23)21-17(24)16-20-8-12(19)15(22-16)18(25)27-3/h6-8H,4-5,9H2,1-3H3,(H,21,24). The van der Waals surface area contributed by atoms with E-state index in [1.165, 1.54) is 18.9 Å². The maximum Gasteiger partial charge on any atom is 0.358 e. The molecule has 0 atom stereocenters. The van der Waals surface area contributed by atoms with Crippen molar-refractivity contribution in [2.75, 3.05) is 33.1 Å². The number of nitrogens with one attached hydrogen (secondary N) is 1. The van der Waals surface area contributed by atoms with E-state index in [9.17, 15) is 9.59 Å². The van der Waals surface area contributed by atoms with Crippen LogP contribution < -0.4 is 10.1 Å². The van der Waals surface area contributed by atoms with E-state index in [2.05, 4.69) is 24.9 Å². The molecule has 0 saturated carbocycles. The van der Waals surface area contributed by atoms with Gasteiger partial charge in [-0.05, 0) is 36.7 Å². The van der Waals surface area contributed by atoms with Crippen LogP contribution in [0.5, 0.6) is 5.75 Å². The Balaban J connectivity index is 1.90. The average Bonchev–Trinajstić information content (AvgIpc) is 2.67. The predicted octanol–water partition coefficient (Wildman–Crippen LogP) is 2.17. The van der Waals surface area contributed by atoms with E-state index in [0.717, 1.165) is 25.1 Å². The number of esters is 1. The lowest BCUT2D eigenvalue weighted by atomic mass is 9.98. The Hall–Kier alpha value is -2.71. The monoisotopic (exact) mass is 390 g/mol. The highest BCUT2D eigenvalue weighted by Gasteiger charge is 2.21. The Bertz CT molecular complexity index is 903. The number of halogens is 1. The summed E-state index contributed by atoms with van der Waals surface area (Å²) in [6, 6.07) is 3.82. The van der Waals surface area contributed by atoms with Crippen LogP contribution in [0.2, 0.25) is 5.02 Å². The van der Waals surface area contributed by atoms with Gasteiger partial charge in [0.1, 0.15) is 5.75 Å². The molecule has 1 N–H and O–H groups in total. The Labute approximate surface area is 161 Å². The van der Waals surface area contributed by atoms with Gasteiger partial charge in [0.15, 0.2) is 5.69 Å². The van der Waals surface area contributed by atoms with Gasteiger partial charge in [-0.25, -0.2) is 14.8 Å². The third-order valence-corrected chi connectivity index (χ3v) is 4.58. The number of carbonyl (C=O) groups excluding carboxylic acids is 2. The van der Waals surface area contributed by atoms with Crippen molar-refractivity contribution in [1.82, 2.24) is 14.9 Å². The molecule has 1 aromatic heterocycles. The number of amides is 1. The predicted molar refractivity (Wildman–Crippen MR) is 99.4 cm³/mol. The van der Waals surface area contributed by atoms with Gasteiger partial charge in [0.25, 0.3) is 5.91 Å². The van der Waals surface area contributed by atoms with Crippen LogP contribution in [-0.2, 0) is 17.7 Å². The molecule has 0 bridgehead atoms. The number of carbonyl (C=O) groups is 2. The largest absolute Gasteiger partial charge is 0.495 e. The minimum atomic E-state index is -0.745. The van der Waals surface area contributed by atoms with Crippen molar-refractivity contribution in [3.8, 4) is 5.75 Å². The van der Waals surface area contributed by atoms with E-state index in [1.54, 1.807) is 7.11 Å². The fraction of sp³-hybridized carbons (Fsp3) is 0.333. The molecule has 0 aliphatic carbocycles. The summed E-state index contributed by atoms with van der Waals surface area (Å²) in [6.07, 6.45) is 2.11. The summed E-state index contributed by atoms with van der Waals surface area (Å²) in [7, 11) is 4.79. The third kappa shape index (κ3) is 4.01. The third-order valence-electron chi connectivity index (χ3n) is 4.30. The fourth-order valence-corrected chi connectivity index (χ4v) is 3.06.